The van der Waals surface area contributed by atoms with Crippen LogP contribution in [0.4, 0.5) is 0 Å². The van der Waals surface area contributed by atoms with E-state index >= 15 is 0 Å². The van der Waals surface area contributed by atoms with Crippen LogP contribution in [-0.2, 0) is 18.0 Å². The Morgan fingerprint density at radius 1 is 1.19 bits per heavy atom. The highest BCUT2D eigenvalue weighted by atomic mass is 32.2. The molecule has 1 unspecified atom stereocenters. The fourth-order valence-electron chi connectivity index (χ4n) is 3.17. The Morgan fingerprint density at radius 3 is 2.38 bits per heavy atom. The zero-order chi connectivity index (χ0) is 19.2. The average Bonchev–Trinajstić information content (AvgIpc) is 3.06. The summed E-state index contributed by atoms with van der Waals surface area (Å²) in [7, 11) is -0.533. The third kappa shape index (κ3) is 3.30. The van der Waals surface area contributed by atoms with Crippen molar-refractivity contribution in [3.8, 4) is 0 Å². The predicted octanol–water partition coefficient (Wildman–Crippen LogP) is 5.50. The summed E-state index contributed by atoms with van der Waals surface area (Å²) in [5.74, 6) is 1.81. The Morgan fingerprint density at radius 2 is 1.81 bits per heavy atom. The van der Waals surface area contributed by atoms with Crippen LogP contribution >= 0.6 is 23.5 Å². The monoisotopic (exact) mass is 408 g/mol. The molecule has 1 saturated heterocycles. The molecule has 0 saturated carbocycles. The molecule has 1 aromatic rings. The first kappa shape index (κ1) is 20.1. The van der Waals surface area contributed by atoms with Gasteiger partial charge in [0.1, 0.15) is 4.08 Å². The molecule has 2 aliphatic rings. The molecule has 1 heterocycles. The smallest absolute Gasteiger partial charge is 0.336 e. The number of hydrogen-bond donors (Lipinski definition) is 0. The first-order chi connectivity index (χ1) is 12.1. The van der Waals surface area contributed by atoms with E-state index in [1.807, 2.05) is 29.6 Å². The van der Waals surface area contributed by atoms with Gasteiger partial charge in [0.15, 0.2) is 8.32 Å². The molecule has 0 bridgehead atoms. The largest absolute Gasteiger partial charge is 0.466 e. The van der Waals surface area contributed by atoms with Gasteiger partial charge < -0.3 is 9.16 Å². The van der Waals surface area contributed by atoms with E-state index in [9.17, 15) is 4.79 Å². The van der Waals surface area contributed by atoms with Crippen molar-refractivity contribution in [2.75, 3.05) is 18.6 Å². The lowest BCUT2D eigenvalue weighted by Gasteiger charge is -2.43. The minimum atomic E-state index is -2.00. The van der Waals surface area contributed by atoms with Crippen LogP contribution in [0.15, 0.2) is 35.9 Å². The SMILES string of the molecule is COC(=O)C1=CC(O[Si](C)(C)C(C)(C)C)c2ccccc2C12SCCS2. The van der Waals surface area contributed by atoms with Gasteiger partial charge in [0, 0.05) is 11.5 Å². The standard InChI is InChI=1S/C20H28O3S2Si/c1-19(2,3)26(5,6)23-17-13-16(18(21)22-4)20(24-11-12-25-20)15-10-8-7-9-14(15)17/h7-10,13,17H,11-12H2,1-6H3. The minimum absolute atomic E-state index is 0.104. The average molecular weight is 409 g/mol. The predicted molar refractivity (Wildman–Crippen MR) is 114 cm³/mol. The van der Waals surface area contributed by atoms with Crippen molar-refractivity contribution in [1.29, 1.82) is 0 Å². The van der Waals surface area contributed by atoms with Crippen LogP contribution in [-0.4, -0.2) is 32.9 Å². The topological polar surface area (TPSA) is 35.5 Å². The van der Waals surface area contributed by atoms with E-state index in [0.29, 0.717) is 0 Å². The summed E-state index contributed by atoms with van der Waals surface area (Å²) in [4.78, 5) is 12.7. The van der Waals surface area contributed by atoms with Crippen LogP contribution in [0.3, 0.4) is 0 Å². The molecule has 0 N–H and O–H groups in total. The summed E-state index contributed by atoms with van der Waals surface area (Å²) in [5, 5.41) is 0.104. The summed E-state index contributed by atoms with van der Waals surface area (Å²) in [6.07, 6.45) is 1.83. The summed E-state index contributed by atoms with van der Waals surface area (Å²) >= 11 is 3.67. The Hall–Kier alpha value is -0.693. The van der Waals surface area contributed by atoms with Crippen molar-refractivity contribution in [2.45, 2.75) is 49.1 Å². The number of benzene rings is 1. The molecule has 1 aliphatic carbocycles. The van der Waals surface area contributed by atoms with Crippen molar-refractivity contribution in [3.05, 3.63) is 47.0 Å². The zero-order valence-electron chi connectivity index (χ0n) is 16.4. The Bertz CT molecular complexity index is 731. The molecule has 6 heteroatoms. The van der Waals surface area contributed by atoms with Crippen LogP contribution in [0.2, 0.25) is 18.1 Å². The molecule has 1 aliphatic heterocycles. The maximum Gasteiger partial charge on any atom is 0.336 e. The van der Waals surface area contributed by atoms with Gasteiger partial charge in [-0.05, 0) is 35.3 Å². The van der Waals surface area contributed by atoms with Gasteiger partial charge in [0.05, 0.1) is 18.8 Å². The maximum atomic E-state index is 12.7. The molecule has 3 nitrogen and oxygen atoms in total. The molecular weight excluding hydrogens is 380 g/mol. The summed E-state index contributed by atoms with van der Waals surface area (Å²) in [6.45, 7) is 11.2. The van der Waals surface area contributed by atoms with Crippen molar-refractivity contribution >= 4 is 37.8 Å². The van der Waals surface area contributed by atoms with Crippen molar-refractivity contribution in [2.24, 2.45) is 0 Å². The summed E-state index contributed by atoms with van der Waals surface area (Å²) in [6, 6.07) is 8.43. The highest BCUT2D eigenvalue weighted by Gasteiger charge is 2.50. The van der Waals surface area contributed by atoms with Gasteiger partial charge in [-0.25, -0.2) is 4.79 Å². The fraction of sp³-hybridized carbons (Fsp3) is 0.550. The highest BCUT2D eigenvalue weighted by Crippen LogP contribution is 2.61. The van der Waals surface area contributed by atoms with Crippen molar-refractivity contribution in [1.82, 2.24) is 0 Å². The van der Waals surface area contributed by atoms with Crippen LogP contribution in [0.25, 0.3) is 0 Å². The van der Waals surface area contributed by atoms with E-state index in [1.165, 1.54) is 18.2 Å². The lowest BCUT2D eigenvalue weighted by Crippen LogP contribution is -2.43. The minimum Gasteiger partial charge on any atom is -0.466 e. The number of hydrogen-bond acceptors (Lipinski definition) is 5. The number of carbonyl (C=O) groups is 1. The molecule has 3 rings (SSSR count). The summed E-state index contributed by atoms with van der Waals surface area (Å²) in [5.41, 5.74) is 3.11. The molecule has 0 aromatic heterocycles. The zero-order valence-corrected chi connectivity index (χ0v) is 19.1. The van der Waals surface area contributed by atoms with Crippen LogP contribution in [0.5, 0.6) is 0 Å². The summed E-state index contributed by atoms with van der Waals surface area (Å²) < 4.78 is 11.5. The molecular formula is C20H28O3S2Si. The Balaban J connectivity index is 2.12. The number of esters is 1. The molecule has 1 aromatic carbocycles. The number of ether oxygens (including phenoxy) is 1. The van der Waals surface area contributed by atoms with Crippen molar-refractivity contribution in [3.63, 3.8) is 0 Å². The molecule has 0 radical (unpaired) electrons. The number of carbonyl (C=O) groups excluding carboxylic acids is 1. The van der Waals surface area contributed by atoms with Crippen LogP contribution in [0, 0.1) is 0 Å². The van der Waals surface area contributed by atoms with Crippen molar-refractivity contribution < 1.29 is 14.0 Å². The third-order valence-electron chi connectivity index (χ3n) is 5.62. The second-order valence-electron chi connectivity index (χ2n) is 8.27. The van der Waals surface area contributed by atoms with Crippen LogP contribution in [0.1, 0.15) is 38.0 Å². The number of fused-ring (bicyclic) bond motifs is 2. The number of rotatable bonds is 3. The molecule has 1 spiro atoms. The van der Waals surface area contributed by atoms with Gasteiger partial charge in [0.25, 0.3) is 0 Å². The molecule has 1 atom stereocenters. The lowest BCUT2D eigenvalue weighted by atomic mass is 9.88. The van der Waals surface area contributed by atoms with E-state index in [1.54, 1.807) is 0 Å². The van der Waals surface area contributed by atoms with Gasteiger partial charge in [-0.3, -0.25) is 0 Å². The number of methoxy groups -OCH3 is 1. The lowest BCUT2D eigenvalue weighted by molar-refractivity contribution is -0.136. The van der Waals surface area contributed by atoms with Gasteiger partial charge in [-0.1, -0.05) is 45.0 Å². The first-order valence-electron chi connectivity index (χ1n) is 8.98. The van der Waals surface area contributed by atoms with E-state index in [-0.39, 0.29) is 21.2 Å². The Kier molecular flexibility index (Phi) is 5.43. The molecule has 142 valence electrons. The second-order valence-corrected chi connectivity index (χ2v) is 15.9. The maximum absolute atomic E-state index is 12.7. The fourth-order valence-corrected chi connectivity index (χ4v) is 7.72. The van der Waals surface area contributed by atoms with E-state index in [0.717, 1.165) is 17.1 Å². The molecule has 26 heavy (non-hydrogen) atoms. The quantitative estimate of drug-likeness (QED) is 0.488. The highest BCUT2D eigenvalue weighted by molar-refractivity contribution is 8.21. The molecule has 1 fully saturated rings. The molecule has 0 amide bonds. The van der Waals surface area contributed by atoms with E-state index < -0.39 is 8.32 Å². The number of thioether (sulfide) groups is 2. The van der Waals surface area contributed by atoms with E-state index in [4.69, 9.17) is 9.16 Å². The second kappa shape index (κ2) is 7.04. The van der Waals surface area contributed by atoms with E-state index in [2.05, 4.69) is 58.1 Å². The first-order valence-corrected chi connectivity index (χ1v) is 13.9. The van der Waals surface area contributed by atoms with Gasteiger partial charge in [-0.15, -0.1) is 23.5 Å². The van der Waals surface area contributed by atoms with Gasteiger partial charge in [-0.2, -0.15) is 0 Å². The third-order valence-corrected chi connectivity index (χ3v) is 13.6. The normalized spacial score (nSPS) is 22.1. The van der Waals surface area contributed by atoms with Gasteiger partial charge >= 0.3 is 5.97 Å². The van der Waals surface area contributed by atoms with Gasteiger partial charge in [0.2, 0.25) is 0 Å². The van der Waals surface area contributed by atoms with Crippen LogP contribution < -0.4 is 0 Å². The Labute approximate surface area is 166 Å².